The van der Waals surface area contributed by atoms with Crippen LogP contribution in [0.3, 0.4) is 0 Å². The first kappa shape index (κ1) is 9.61. The first-order valence-electron chi connectivity index (χ1n) is 2.41. The Morgan fingerprint density at radius 2 is 1.17 bits per heavy atom. The van der Waals surface area contributed by atoms with Gasteiger partial charge in [0.15, 0.2) is 0 Å². The van der Waals surface area contributed by atoms with Crippen molar-refractivity contribution in [3.63, 3.8) is 0 Å². The van der Waals surface area contributed by atoms with Gasteiger partial charge >= 0.3 is 0 Å². The van der Waals surface area contributed by atoms with Crippen LogP contribution < -0.4 is 0 Å². The van der Waals surface area contributed by atoms with E-state index in [9.17, 15) is 0 Å². The van der Waals surface area contributed by atoms with Crippen molar-refractivity contribution in [2.75, 3.05) is 0 Å². The second-order valence-electron chi connectivity index (χ2n) is 1.09. The molecule has 0 radical (unpaired) electrons. The van der Waals surface area contributed by atoms with Gasteiger partial charge in [-0.2, -0.15) is 12.6 Å². The zero-order valence-electron chi connectivity index (χ0n) is 5.02. The summed E-state index contributed by atoms with van der Waals surface area (Å²) in [6.07, 6.45) is 0. The lowest BCUT2D eigenvalue weighted by Crippen LogP contribution is -1.71. The van der Waals surface area contributed by atoms with Crippen LogP contribution in [0.5, 0.6) is 0 Å². The smallest absolute Gasteiger partial charge is 0.00399 e. The predicted molar refractivity (Wildman–Crippen MR) is 35.5 cm³/mol. The van der Waals surface area contributed by atoms with Crippen molar-refractivity contribution in [3.8, 4) is 0 Å². The SMILES string of the molecule is CC.CC(C)S. The first-order valence-corrected chi connectivity index (χ1v) is 2.93. The molecule has 0 unspecified atom stereocenters. The van der Waals surface area contributed by atoms with Crippen LogP contribution in [0.2, 0.25) is 0 Å². The Morgan fingerprint density at radius 3 is 1.17 bits per heavy atom. The summed E-state index contributed by atoms with van der Waals surface area (Å²) >= 11 is 3.97. The van der Waals surface area contributed by atoms with Crippen LogP contribution in [0.25, 0.3) is 0 Å². The van der Waals surface area contributed by atoms with Gasteiger partial charge in [0.2, 0.25) is 0 Å². The van der Waals surface area contributed by atoms with Crippen molar-refractivity contribution in [2.45, 2.75) is 32.9 Å². The second kappa shape index (κ2) is 9.02. The molecule has 40 valence electrons. The Kier molecular flexibility index (Phi) is 14.4. The third-order valence-corrected chi connectivity index (χ3v) is 0. The van der Waals surface area contributed by atoms with E-state index in [1.165, 1.54) is 0 Å². The van der Waals surface area contributed by atoms with E-state index in [4.69, 9.17) is 0 Å². The third-order valence-electron chi connectivity index (χ3n) is 0. The molecule has 0 aromatic rings. The summed E-state index contributed by atoms with van der Waals surface area (Å²) in [5.74, 6) is 0. The first-order chi connectivity index (χ1) is 2.73. The highest BCUT2D eigenvalue weighted by Gasteiger charge is 1.69. The standard InChI is InChI=1S/C3H8S.C2H6/c1-3(2)4;1-2/h3-4H,1-2H3;1-2H3. The molecule has 0 amide bonds. The van der Waals surface area contributed by atoms with Crippen molar-refractivity contribution in [1.29, 1.82) is 0 Å². The van der Waals surface area contributed by atoms with Gasteiger partial charge in [0.1, 0.15) is 0 Å². The number of thiol groups is 1. The number of hydrogen-bond donors (Lipinski definition) is 1. The van der Waals surface area contributed by atoms with Crippen molar-refractivity contribution in [2.24, 2.45) is 0 Å². The Morgan fingerprint density at radius 1 is 1.17 bits per heavy atom. The summed E-state index contributed by atoms with van der Waals surface area (Å²) < 4.78 is 0. The molecule has 0 fully saturated rings. The molecule has 0 spiro atoms. The van der Waals surface area contributed by atoms with Gasteiger partial charge in [0, 0.05) is 0 Å². The largest absolute Gasteiger partial charge is 0.177 e. The van der Waals surface area contributed by atoms with E-state index in [0.717, 1.165) is 0 Å². The van der Waals surface area contributed by atoms with E-state index >= 15 is 0 Å². The van der Waals surface area contributed by atoms with E-state index in [1.807, 2.05) is 27.7 Å². The molecule has 0 aliphatic heterocycles. The summed E-state index contributed by atoms with van der Waals surface area (Å²) in [6.45, 7) is 8.06. The highest BCUT2D eigenvalue weighted by Crippen LogP contribution is 1.83. The van der Waals surface area contributed by atoms with Gasteiger partial charge in [0.05, 0.1) is 0 Å². The molecule has 0 rings (SSSR count). The molecule has 0 saturated heterocycles. The van der Waals surface area contributed by atoms with E-state index < -0.39 is 0 Å². The van der Waals surface area contributed by atoms with Gasteiger partial charge in [0.25, 0.3) is 0 Å². The molecular weight excluding hydrogens is 92.1 g/mol. The fraction of sp³-hybridized carbons (Fsp3) is 1.00. The maximum atomic E-state index is 3.97. The van der Waals surface area contributed by atoms with Gasteiger partial charge in [-0.1, -0.05) is 27.7 Å². The maximum absolute atomic E-state index is 3.97. The second-order valence-corrected chi connectivity index (χ2v) is 2.13. The van der Waals surface area contributed by atoms with Crippen LogP contribution >= 0.6 is 12.6 Å². The lowest BCUT2D eigenvalue weighted by Gasteiger charge is -1.78. The Hall–Kier alpha value is 0.350. The molecule has 0 heterocycles. The van der Waals surface area contributed by atoms with Crippen molar-refractivity contribution in [1.82, 2.24) is 0 Å². The zero-order chi connectivity index (χ0) is 5.58. The maximum Gasteiger partial charge on any atom is -0.00399 e. The highest BCUT2D eigenvalue weighted by atomic mass is 32.1. The zero-order valence-corrected chi connectivity index (χ0v) is 5.92. The van der Waals surface area contributed by atoms with Gasteiger partial charge < -0.3 is 0 Å². The summed E-state index contributed by atoms with van der Waals surface area (Å²) in [5.41, 5.74) is 0. The van der Waals surface area contributed by atoms with Crippen LogP contribution in [-0.4, -0.2) is 5.25 Å². The molecule has 0 aliphatic carbocycles. The summed E-state index contributed by atoms with van der Waals surface area (Å²) in [4.78, 5) is 0. The van der Waals surface area contributed by atoms with Gasteiger partial charge in [-0.25, -0.2) is 0 Å². The molecule has 6 heavy (non-hydrogen) atoms. The van der Waals surface area contributed by atoms with E-state index in [-0.39, 0.29) is 0 Å². The molecule has 0 aromatic heterocycles. The molecule has 0 aromatic carbocycles. The number of rotatable bonds is 0. The average Bonchev–Trinajstić information content (AvgIpc) is 1.41. The molecule has 0 atom stereocenters. The minimum absolute atomic E-state index is 0.528. The van der Waals surface area contributed by atoms with Crippen LogP contribution in [0.1, 0.15) is 27.7 Å². The molecule has 0 nitrogen and oxygen atoms in total. The van der Waals surface area contributed by atoms with Crippen LogP contribution in [0.15, 0.2) is 0 Å². The van der Waals surface area contributed by atoms with Crippen molar-refractivity contribution >= 4 is 12.6 Å². The Balaban J connectivity index is 0. The summed E-state index contributed by atoms with van der Waals surface area (Å²) in [6, 6.07) is 0. The Labute approximate surface area is 46.4 Å². The lowest BCUT2D eigenvalue weighted by atomic mass is 10.6. The monoisotopic (exact) mass is 106 g/mol. The Bertz CT molecular complexity index is 8.66. The summed E-state index contributed by atoms with van der Waals surface area (Å²) in [7, 11) is 0. The highest BCUT2D eigenvalue weighted by molar-refractivity contribution is 7.80. The van der Waals surface area contributed by atoms with Crippen LogP contribution in [0, 0.1) is 0 Å². The topological polar surface area (TPSA) is 0 Å². The van der Waals surface area contributed by atoms with Crippen molar-refractivity contribution < 1.29 is 0 Å². The third kappa shape index (κ3) is 399. The predicted octanol–water partition coefficient (Wildman–Crippen LogP) is 2.35. The normalized spacial score (nSPS) is 7.00. The molecule has 0 aliphatic rings. The van der Waals surface area contributed by atoms with E-state index in [2.05, 4.69) is 12.6 Å². The summed E-state index contributed by atoms with van der Waals surface area (Å²) in [5, 5.41) is 0.528. The van der Waals surface area contributed by atoms with Gasteiger partial charge in [-0.15, -0.1) is 0 Å². The minimum Gasteiger partial charge on any atom is -0.177 e. The lowest BCUT2D eigenvalue weighted by molar-refractivity contribution is 1.13. The molecule has 0 N–H and O–H groups in total. The molecule has 0 bridgehead atoms. The molecular formula is C5H14S. The average molecular weight is 106 g/mol. The quantitative estimate of drug-likeness (QED) is 0.450. The van der Waals surface area contributed by atoms with Crippen LogP contribution in [0.4, 0.5) is 0 Å². The molecule has 0 saturated carbocycles. The fourth-order valence-corrected chi connectivity index (χ4v) is 0. The van der Waals surface area contributed by atoms with Crippen molar-refractivity contribution in [3.05, 3.63) is 0 Å². The van der Waals surface area contributed by atoms with E-state index in [0.29, 0.717) is 5.25 Å². The van der Waals surface area contributed by atoms with Gasteiger partial charge in [-0.3, -0.25) is 0 Å². The van der Waals surface area contributed by atoms with Gasteiger partial charge in [-0.05, 0) is 5.25 Å². The number of hydrogen-bond acceptors (Lipinski definition) is 1. The van der Waals surface area contributed by atoms with Crippen LogP contribution in [-0.2, 0) is 0 Å². The molecule has 1 heteroatoms. The minimum atomic E-state index is 0.528. The fourth-order valence-electron chi connectivity index (χ4n) is 0. The van der Waals surface area contributed by atoms with E-state index in [1.54, 1.807) is 0 Å².